The maximum atomic E-state index is 5.25. The van der Waals surface area contributed by atoms with Gasteiger partial charge in [-0.3, -0.25) is 9.98 Å². The molecule has 0 atom stereocenters. The summed E-state index contributed by atoms with van der Waals surface area (Å²) in [6.07, 6.45) is 0. The van der Waals surface area contributed by atoms with Crippen molar-refractivity contribution in [3.63, 3.8) is 0 Å². The lowest BCUT2D eigenvalue weighted by Gasteiger charge is -2.16. The highest BCUT2D eigenvalue weighted by molar-refractivity contribution is 7.18. The molecule has 3 heteroatoms. The Kier molecular flexibility index (Phi) is 7.32. The minimum atomic E-state index is 1.06. The Morgan fingerprint density at radius 1 is 0.459 bits per heavy atom. The fourth-order valence-electron chi connectivity index (χ4n) is 5.36. The largest absolute Gasteiger partial charge is 0.252 e. The third-order valence-corrected chi connectivity index (χ3v) is 10.2. The molecular weight excluding hydrogens is 468 g/mol. The fraction of sp³-hybridized carbons (Fsp3) is 0.353. The molecule has 0 radical (unpaired) electrons. The smallest absolute Gasteiger partial charge is 0.0697 e. The Hall–Kier alpha value is -3.04. The molecule has 0 aliphatic rings. The molecule has 4 rings (SSSR count). The summed E-state index contributed by atoms with van der Waals surface area (Å²) in [5.41, 5.74) is 17.5. The number of thiophene rings is 1. The van der Waals surface area contributed by atoms with E-state index in [-0.39, 0.29) is 0 Å². The molecule has 1 aromatic heterocycles. The monoisotopic (exact) mass is 508 g/mol. The lowest BCUT2D eigenvalue weighted by Crippen LogP contribution is -1.98. The van der Waals surface area contributed by atoms with Crippen LogP contribution in [0.5, 0.6) is 0 Å². The van der Waals surface area contributed by atoms with Gasteiger partial charge in [-0.1, -0.05) is 24.3 Å². The van der Waals surface area contributed by atoms with Crippen LogP contribution in [-0.2, 0) is 0 Å². The zero-order chi connectivity index (χ0) is 27.3. The SMILES string of the molecule is CC(=Nc1c(C)c(C)c(C)c(C)c1C)c1sc(C(C)=Nc2c(C)c(C)c(C)c(C)c2C)c2ccccc12. The maximum Gasteiger partial charge on any atom is 0.0697 e. The topological polar surface area (TPSA) is 24.7 Å². The Balaban J connectivity index is 1.91. The number of nitrogens with zero attached hydrogens (tertiary/aromatic N) is 2. The molecule has 4 aromatic rings. The van der Waals surface area contributed by atoms with Crippen molar-refractivity contribution in [2.45, 2.75) is 83.1 Å². The average Bonchev–Trinajstić information content (AvgIpc) is 3.29. The van der Waals surface area contributed by atoms with E-state index in [0.29, 0.717) is 0 Å². The molecule has 0 amide bonds. The molecular formula is C34H40N2S. The zero-order valence-corrected chi connectivity index (χ0v) is 25.4. The van der Waals surface area contributed by atoms with Crippen molar-refractivity contribution >= 4 is 44.9 Å². The molecule has 0 aliphatic carbocycles. The second-order valence-corrected chi connectivity index (χ2v) is 11.7. The molecule has 3 aromatic carbocycles. The summed E-state index contributed by atoms with van der Waals surface area (Å²) < 4.78 is 0. The number of rotatable bonds is 4. The first-order valence-electron chi connectivity index (χ1n) is 13.1. The summed E-state index contributed by atoms with van der Waals surface area (Å²) in [6, 6.07) is 8.69. The van der Waals surface area contributed by atoms with Gasteiger partial charge in [0.2, 0.25) is 0 Å². The van der Waals surface area contributed by atoms with E-state index in [1.807, 2.05) is 11.3 Å². The maximum absolute atomic E-state index is 5.25. The van der Waals surface area contributed by atoms with Crippen molar-refractivity contribution in [3.8, 4) is 0 Å². The van der Waals surface area contributed by atoms with Gasteiger partial charge in [0, 0.05) is 10.8 Å². The van der Waals surface area contributed by atoms with Crippen LogP contribution in [0, 0.1) is 69.2 Å². The molecule has 0 fully saturated rings. The predicted molar refractivity (Wildman–Crippen MR) is 166 cm³/mol. The van der Waals surface area contributed by atoms with E-state index in [9.17, 15) is 0 Å². The molecule has 0 spiro atoms. The second kappa shape index (κ2) is 10.0. The minimum Gasteiger partial charge on any atom is -0.252 e. The van der Waals surface area contributed by atoms with Crippen LogP contribution in [-0.4, -0.2) is 11.4 Å². The summed E-state index contributed by atoms with van der Waals surface area (Å²) in [5, 5.41) is 2.50. The van der Waals surface area contributed by atoms with E-state index in [2.05, 4.69) is 107 Å². The first kappa shape index (κ1) is 27.0. The van der Waals surface area contributed by atoms with Crippen LogP contribution in [0.4, 0.5) is 11.4 Å². The summed E-state index contributed by atoms with van der Waals surface area (Å²) in [4.78, 5) is 12.9. The average molecular weight is 509 g/mol. The number of fused-ring (bicyclic) bond motifs is 1. The van der Waals surface area contributed by atoms with E-state index < -0.39 is 0 Å². The second-order valence-electron chi connectivity index (χ2n) is 10.6. The van der Waals surface area contributed by atoms with Crippen LogP contribution in [0.15, 0.2) is 34.3 Å². The van der Waals surface area contributed by atoms with Crippen molar-refractivity contribution in [1.29, 1.82) is 0 Å². The van der Waals surface area contributed by atoms with Gasteiger partial charge in [-0.2, -0.15) is 0 Å². The lowest BCUT2D eigenvalue weighted by atomic mass is 9.93. The van der Waals surface area contributed by atoms with Gasteiger partial charge < -0.3 is 0 Å². The van der Waals surface area contributed by atoms with Gasteiger partial charge >= 0.3 is 0 Å². The fourth-order valence-corrected chi connectivity index (χ4v) is 6.53. The van der Waals surface area contributed by atoms with Crippen molar-refractivity contribution in [1.82, 2.24) is 0 Å². The molecule has 0 bridgehead atoms. The van der Waals surface area contributed by atoms with E-state index >= 15 is 0 Å². The van der Waals surface area contributed by atoms with E-state index in [0.717, 1.165) is 22.8 Å². The van der Waals surface area contributed by atoms with Gasteiger partial charge in [0.1, 0.15) is 0 Å². The third-order valence-electron chi connectivity index (χ3n) is 8.76. The van der Waals surface area contributed by atoms with Gasteiger partial charge in [-0.05, 0) is 139 Å². The zero-order valence-electron chi connectivity index (χ0n) is 24.6. The van der Waals surface area contributed by atoms with Crippen molar-refractivity contribution in [3.05, 3.63) is 89.7 Å². The summed E-state index contributed by atoms with van der Waals surface area (Å²) in [7, 11) is 0. The summed E-state index contributed by atoms with van der Waals surface area (Å²) >= 11 is 1.81. The van der Waals surface area contributed by atoms with Crippen molar-refractivity contribution < 1.29 is 0 Å². The molecule has 37 heavy (non-hydrogen) atoms. The summed E-state index contributed by atoms with van der Waals surface area (Å²) in [6.45, 7) is 26.4. The highest BCUT2D eigenvalue weighted by Gasteiger charge is 2.18. The standard InChI is InChI=1S/C34H40N2S/c1-17-19(3)23(7)31(24(8)20(17)4)35-27(11)33-29-15-13-14-16-30(29)34(37-33)28(12)36-32-25(9)21(5)18(2)22(6)26(32)10/h13-16H,1-12H3. The molecule has 0 aliphatic heterocycles. The molecule has 1 heterocycles. The van der Waals surface area contributed by atoms with Gasteiger partial charge in [-0.25, -0.2) is 0 Å². The first-order valence-corrected chi connectivity index (χ1v) is 13.9. The number of hydrogen-bond donors (Lipinski definition) is 0. The molecule has 192 valence electrons. The van der Waals surface area contributed by atoms with Crippen molar-refractivity contribution in [2.24, 2.45) is 9.98 Å². The van der Waals surface area contributed by atoms with Crippen LogP contribution in [0.2, 0.25) is 0 Å². The molecule has 0 N–H and O–H groups in total. The van der Waals surface area contributed by atoms with Crippen molar-refractivity contribution in [2.75, 3.05) is 0 Å². The van der Waals surface area contributed by atoms with Crippen LogP contribution in [0.25, 0.3) is 10.8 Å². The Labute approximate surface area is 227 Å². The highest BCUT2D eigenvalue weighted by Crippen LogP contribution is 2.38. The Bertz CT molecular complexity index is 1450. The van der Waals surface area contributed by atoms with E-state index in [1.54, 1.807) is 0 Å². The first-order chi connectivity index (χ1) is 17.4. The lowest BCUT2D eigenvalue weighted by molar-refractivity contribution is 1.16. The number of hydrogen-bond acceptors (Lipinski definition) is 3. The predicted octanol–water partition coefficient (Wildman–Crippen LogP) is 10.3. The van der Waals surface area contributed by atoms with Gasteiger partial charge in [0.25, 0.3) is 0 Å². The van der Waals surface area contributed by atoms with Crippen LogP contribution in [0.1, 0.15) is 79.2 Å². The normalized spacial score (nSPS) is 12.6. The molecule has 0 saturated heterocycles. The van der Waals surface area contributed by atoms with Gasteiger partial charge in [0.15, 0.2) is 0 Å². The van der Waals surface area contributed by atoms with Gasteiger partial charge in [0.05, 0.1) is 32.6 Å². The molecule has 2 nitrogen and oxygen atoms in total. The molecule has 0 unspecified atom stereocenters. The summed E-state index contributed by atoms with van der Waals surface area (Å²) in [5.74, 6) is 0. The number of aliphatic imine (C=N–C) groups is 2. The third kappa shape index (κ3) is 4.48. The van der Waals surface area contributed by atoms with Crippen LogP contribution < -0.4 is 0 Å². The van der Waals surface area contributed by atoms with E-state index in [1.165, 1.54) is 76.2 Å². The minimum absolute atomic E-state index is 1.06. The Morgan fingerprint density at radius 3 is 1.03 bits per heavy atom. The Morgan fingerprint density at radius 2 is 0.730 bits per heavy atom. The van der Waals surface area contributed by atoms with Crippen LogP contribution >= 0.6 is 11.3 Å². The van der Waals surface area contributed by atoms with Crippen LogP contribution in [0.3, 0.4) is 0 Å². The highest BCUT2D eigenvalue weighted by atomic mass is 32.1. The molecule has 0 saturated carbocycles. The quantitative estimate of drug-likeness (QED) is 0.245. The van der Waals surface area contributed by atoms with Gasteiger partial charge in [-0.15, -0.1) is 11.3 Å². The van der Waals surface area contributed by atoms with E-state index in [4.69, 9.17) is 9.98 Å². The number of benzene rings is 3.